The Labute approximate surface area is 112 Å². The van der Waals surface area contributed by atoms with Gasteiger partial charge in [-0.2, -0.15) is 0 Å². The highest BCUT2D eigenvalue weighted by molar-refractivity contribution is 5.81. The second-order valence-electron chi connectivity index (χ2n) is 4.49. The summed E-state index contributed by atoms with van der Waals surface area (Å²) in [4.78, 5) is 8.85. The molecule has 1 N–H and O–H groups in total. The van der Waals surface area contributed by atoms with Gasteiger partial charge in [-0.3, -0.25) is 4.98 Å². The molecule has 0 bridgehead atoms. The summed E-state index contributed by atoms with van der Waals surface area (Å²) in [6.07, 6.45) is 5.69. The van der Waals surface area contributed by atoms with Gasteiger partial charge < -0.3 is 9.88 Å². The van der Waals surface area contributed by atoms with Crippen LogP contribution in [-0.4, -0.2) is 21.6 Å². The molecule has 1 aromatic carbocycles. The van der Waals surface area contributed by atoms with Crippen LogP contribution in [0.15, 0.2) is 48.9 Å². The molecule has 2 heterocycles. The van der Waals surface area contributed by atoms with Crippen molar-refractivity contribution in [3.05, 3.63) is 60.3 Å². The van der Waals surface area contributed by atoms with Crippen molar-refractivity contribution in [3.8, 4) is 0 Å². The Kier molecular flexibility index (Phi) is 3.25. The second-order valence-corrected chi connectivity index (χ2v) is 4.49. The molecule has 0 radical (unpaired) electrons. The van der Waals surface area contributed by atoms with E-state index in [9.17, 15) is 0 Å². The minimum Gasteiger partial charge on any atom is -0.329 e. The lowest BCUT2D eigenvalue weighted by Crippen LogP contribution is -2.12. The minimum absolute atomic E-state index is 0.769. The van der Waals surface area contributed by atoms with E-state index >= 15 is 0 Å². The van der Waals surface area contributed by atoms with Crippen LogP contribution in [0.3, 0.4) is 0 Å². The van der Waals surface area contributed by atoms with Gasteiger partial charge in [-0.15, -0.1) is 0 Å². The molecule has 0 atom stereocenters. The summed E-state index contributed by atoms with van der Waals surface area (Å²) >= 11 is 0. The highest BCUT2D eigenvalue weighted by Crippen LogP contribution is 2.17. The fraction of sp³-hybridized carbons (Fsp3) is 0.200. The summed E-state index contributed by atoms with van der Waals surface area (Å²) in [6.45, 7) is 1.57. The average Bonchev–Trinajstić information content (AvgIpc) is 2.87. The predicted molar refractivity (Wildman–Crippen MR) is 75.8 cm³/mol. The Morgan fingerprint density at radius 3 is 2.89 bits per heavy atom. The van der Waals surface area contributed by atoms with Crippen molar-refractivity contribution in [1.82, 2.24) is 19.9 Å². The monoisotopic (exact) mass is 252 g/mol. The van der Waals surface area contributed by atoms with Gasteiger partial charge in [0.05, 0.1) is 18.6 Å². The maximum absolute atomic E-state index is 4.49. The summed E-state index contributed by atoms with van der Waals surface area (Å²) in [7, 11) is 1.93. The number of fused-ring (bicyclic) bond motifs is 1. The van der Waals surface area contributed by atoms with E-state index in [-0.39, 0.29) is 0 Å². The van der Waals surface area contributed by atoms with E-state index in [1.807, 2.05) is 31.7 Å². The number of para-hydroxylation sites is 1. The predicted octanol–water partition coefficient (Wildman–Crippen LogP) is 2.20. The molecule has 96 valence electrons. The maximum Gasteiger partial charge on any atom is 0.122 e. The van der Waals surface area contributed by atoms with Gasteiger partial charge in [0.2, 0.25) is 0 Å². The number of nitrogens with zero attached hydrogens (tertiary/aromatic N) is 3. The van der Waals surface area contributed by atoms with Gasteiger partial charge in [-0.05, 0) is 18.7 Å². The number of imidazole rings is 1. The molecule has 0 saturated carbocycles. The van der Waals surface area contributed by atoms with Gasteiger partial charge in [0.25, 0.3) is 0 Å². The van der Waals surface area contributed by atoms with Crippen molar-refractivity contribution in [1.29, 1.82) is 0 Å². The Balaban J connectivity index is 1.99. The first kappa shape index (κ1) is 11.9. The second kappa shape index (κ2) is 5.20. The van der Waals surface area contributed by atoms with Crippen LogP contribution in [0.25, 0.3) is 10.9 Å². The zero-order valence-corrected chi connectivity index (χ0v) is 10.9. The van der Waals surface area contributed by atoms with Crippen molar-refractivity contribution in [2.45, 2.75) is 13.1 Å². The number of nitrogens with one attached hydrogen (secondary N) is 1. The standard InChI is InChI=1S/C15H16N4/c1-16-10-14-17-8-9-19(14)11-13-5-2-4-12-6-3-7-18-15(12)13/h2-9,16H,10-11H2,1H3. The maximum atomic E-state index is 4.49. The topological polar surface area (TPSA) is 42.7 Å². The zero-order valence-electron chi connectivity index (χ0n) is 10.9. The van der Waals surface area contributed by atoms with Crippen LogP contribution in [-0.2, 0) is 13.1 Å². The Morgan fingerprint density at radius 1 is 1.11 bits per heavy atom. The Morgan fingerprint density at radius 2 is 2.00 bits per heavy atom. The van der Waals surface area contributed by atoms with Gasteiger partial charge in [0.15, 0.2) is 0 Å². The third kappa shape index (κ3) is 2.35. The molecule has 3 aromatic rings. The first-order valence-corrected chi connectivity index (χ1v) is 6.35. The van der Waals surface area contributed by atoms with E-state index in [4.69, 9.17) is 0 Å². The Hall–Kier alpha value is -2.20. The van der Waals surface area contributed by atoms with Crippen LogP contribution >= 0.6 is 0 Å². The lowest BCUT2D eigenvalue weighted by Gasteiger charge is -2.09. The van der Waals surface area contributed by atoms with E-state index in [2.05, 4.69) is 44.1 Å². The largest absolute Gasteiger partial charge is 0.329 e. The van der Waals surface area contributed by atoms with Gasteiger partial charge in [-0.1, -0.05) is 24.3 Å². The zero-order chi connectivity index (χ0) is 13.1. The highest BCUT2D eigenvalue weighted by atomic mass is 15.1. The van der Waals surface area contributed by atoms with Gasteiger partial charge in [0, 0.05) is 24.0 Å². The van der Waals surface area contributed by atoms with Crippen molar-refractivity contribution in [2.24, 2.45) is 0 Å². The molecule has 0 aliphatic rings. The molecular formula is C15H16N4. The fourth-order valence-electron chi connectivity index (χ4n) is 2.29. The Bertz CT molecular complexity index is 682. The van der Waals surface area contributed by atoms with Crippen molar-refractivity contribution in [2.75, 3.05) is 7.05 Å². The minimum atomic E-state index is 0.769. The lowest BCUT2D eigenvalue weighted by atomic mass is 10.1. The van der Waals surface area contributed by atoms with Gasteiger partial charge >= 0.3 is 0 Å². The molecule has 2 aromatic heterocycles. The van der Waals surface area contributed by atoms with E-state index in [0.29, 0.717) is 0 Å². The van der Waals surface area contributed by atoms with Crippen LogP contribution in [0, 0.1) is 0 Å². The average molecular weight is 252 g/mol. The molecular weight excluding hydrogens is 236 g/mol. The molecule has 0 amide bonds. The quantitative estimate of drug-likeness (QED) is 0.774. The number of rotatable bonds is 4. The van der Waals surface area contributed by atoms with Crippen molar-refractivity contribution < 1.29 is 0 Å². The lowest BCUT2D eigenvalue weighted by molar-refractivity contribution is 0.674. The number of aromatic nitrogens is 3. The number of hydrogen-bond acceptors (Lipinski definition) is 3. The molecule has 0 aliphatic carbocycles. The SMILES string of the molecule is CNCc1nccn1Cc1cccc2cccnc12. The summed E-state index contributed by atoms with van der Waals surface area (Å²) in [5.41, 5.74) is 2.28. The van der Waals surface area contributed by atoms with E-state index in [0.717, 1.165) is 24.4 Å². The molecule has 19 heavy (non-hydrogen) atoms. The molecule has 3 rings (SSSR count). The number of benzene rings is 1. The molecule has 4 heteroatoms. The third-order valence-corrected chi connectivity index (χ3v) is 3.19. The van der Waals surface area contributed by atoms with E-state index < -0.39 is 0 Å². The first-order chi connectivity index (χ1) is 9.38. The molecule has 0 saturated heterocycles. The number of pyridine rings is 1. The van der Waals surface area contributed by atoms with Gasteiger partial charge in [0.1, 0.15) is 5.82 Å². The van der Waals surface area contributed by atoms with E-state index in [1.54, 1.807) is 0 Å². The summed E-state index contributed by atoms with van der Waals surface area (Å²) in [6, 6.07) is 10.4. The van der Waals surface area contributed by atoms with Crippen LogP contribution in [0.5, 0.6) is 0 Å². The van der Waals surface area contributed by atoms with E-state index in [1.165, 1.54) is 10.9 Å². The first-order valence-electron chi connectivity index (χ1n) is 6.35. The number of hydrogen-bond donors (Lipinski definition) is 1. The summed E-state index contributed by atoms with van der Waals surface area (Å²) < 4.78 is 2.15. The van der Waals surface area contributed by atoms with Crippen molar-refractivity contribution in [3.63, 3.8) is 0 Å². The van der Waals surface area contributed by atoms with Crippen molar-refractivity contribution >= 4 is 10.9 Å². The van der Waals surface area contributed by atoms with Gasteiger partial charge in [-0.25, -0.2) is 4.98 Å². The molecule has 0 aliphatic heterocycles. The van der Waals surface area contributed by atoms with Crippen LogP contribution in [0.4, 0.5) is 0 Å². The fourth-order valence-corrected chi connectivity index (χ4v) is 2.29. The smallest absolute Gasteiger partial charge is 0.122 e. The van der Waals surface area contributed by atoms with Crippen LogP contribution in [0.1, 0.15) is 11.4 Å². The summed E-state index contributed by atoms with van der Waals surface area (Å²) in [5, 5.41) is 4.31. The molecule has 0 unspecified atom stereocenters. The molecule has 0 fully saturated rings. The third-order valence-electron chi connectivity index (χ3n) is 3.19. The molecule has 0 spiro atoms. The summed E-state index contributed by atoms with van der Waals surface area (Å²) in [5.74, 6) is 1.04. The molecule has 4 nitrogen and oxygen atoms in total. The normalized spacial score (nSPS) is 11.0. The van der Waals surface area contributed by atoms with Crippen LogP contribution in [0.2, 0.25) is 0 Å². The highest BCUT2D eigenvalue weighted by Gasteiger charge is 2.06. The van der Waals surface area contributed by atoms with Crippen LogP contribution < -0.4 is 5.32 Å².